The maximum Gasteiger partial charge on any atom is 0.374 e. The number of hydrogen-bond donors (Lipinski definition) is 0. The summed E-state index contributed by atoms with van der Waals surface area (Å²) < 4.78 is 15.5. The molecule has 0 fully saturated rings. The van der Waals surface area contributed by atoms with E-state index < -0.39 is 5.97 Å². The van der Waals surface area contributed by atoms with E-state index in [0.717, 1.165) is 10.9 Å². The molecule has 0 aliphatic carbocycles. The largest absolute Gasteiger partial charge is 0.497 e. The van der Waals surface area contributed by atoms with Gasteiger partial charge in [0.15, 0.2) is 0 Å². The molecule has 0 spiro atoms. The molecule has 1 heterocycles. The minimum Gasteiger partial charge on any atom is -0.497 e. The van der Waals surface area contributed by atoms with Crippen LogP contribution in [0.1, 0.15) is 23.0 Å². The molecule has 2 aromatic rings. The molecule has 0 radical (unpaired) electrons. The summed E-state index contributed by atoms with van der Waals surface area (Å²) in [7, 11) is 1.59. The van der Waals surface area contributed by atoms with Crippen molar-refractivity contribution in [3.63, 3.8) is 0 Å². The first kappa shape index (κ1) is 11.5. The molecular weight excluding hydrogens is 220 g/mol. The zero-order valence-corrected chi connectivity index (χ0v) is 10.1. The molecule has 17 heavy (non-hydrogen) atoms. The molecule has 0 atom stereocenters. The summed E-state index contributed by atoms with van der Waals surface area (Å²) in [4.78, 5) is 11.6. The summed E-state index contributed by atoms with van der Waals surface area (Å²) in [5, 5.41) is 0.897. The second kappa shape index (κ2) is 4.49. The number of aryl methyl sites for hydroxylation is 1. The van der Waals surface area contributed by atoms with Crippen LogP contribution >= 0.6 is 0 Å². The first-order chi connectivity index (χ1) is 8.17. The molecule has 4 nitrogen and oxygen atoms in total. The molecule has 0 aliphatic heterocycles. The lowest BCUT2D eigenvalue weighted by Crippen LogP contribution is -2.04. The van der Waals surface area contributed by atoms with Gasteiger partial charge in [0.1, 0.15) is 11.3 Å². The molecule has 0 amide bonds. The number of carbonyl (C=O) groups is 1. The van der Waals surface area contributed by atoms with Crippen molar-refractivity contribution in [3.8, 4) is 5.75 Å². The number of methoxy groups -OCH3 is 1. The number of carbonyl (C=O) groups excluding carboxylic acids is 1. The van der Waals surface area contributed by atoms with Crippen molar-refractivity contribution in [3.05, 3.63) is 29.5 Å². The summed E-state index contributed by atoms with van der Waals surface area (Å²) in [6, 6.07) is 5.46. The Hall–Kier alpha value is -1.97. The quantitative estimate of drug-likeness (QED) is 0.766. The Kier molecular flexibility index (Phi) is 3.04. The van der Waals surface area contributed by atoms with E-state index in [1.807, 2.05) is 19.1 Å². The maximum absolute atomic E-state index is 11.6. The van der Waals surface area contributed by atoms with Crippen molar-refractivity contribution in [2.24, 2.45) is 0 Å². The molecule has 0 aliphatic rings. The molecule has 1 aromatic heterocycles. The van der Waals surface area contributed by atoms with Crippen LogP contribution in [-0.4, -0.2) is 19.7 Å². The topological polar surface area (TPSA) is 48.7 Å². The van der Waals surface area contributed by atoms with E-state index in [9.17, 15) is 4.79 Å². The second-order valence-electron chi connectivity index (χ2n) is 3.64. The van der Waals surface area contributed by atoms with Crippen molar-refractivity contribution in [1.29, 1.82) is 0 Å². The number of benzene rings is 1. The molecule has 0 unspecified atom stereocenters. The number of ether oxygens (including phenoxy) is 2. The van der Waals surface area contributed by atoms with Gasteiger partial charge in [0, 0.05) is 17.0 Å². The van der Waals surface area contributed by atoms with Gasteiger partial charge in [0.25, 0.3) is 0 Å². The van der Waals surface area contributed by atoms with E-state index in [-0.39, 0.29) is 5.76 Å². The Labute approximate surface area is 99.1 Å². The standard InChI is InChI=1S/C13H14O4/c1-4-16-13(14)12-8(2)10-6-5-9(15-3)7-11(10)17-12/h5-7H,4H2,1-3H3. The van der Waals surface area contributed by atoms with Crippen LogP contribution in [0.4, 0.5) is 0 Å². The van der Waals surface area contributed by atoms with Gasteiger partial charge in [-0.05, 0) is 26.0 Å². The van der Waals surface area contributed by atoms with E-state index in [1.165, 1.54) is 0 Å². The van der Waals surface area contributed by atoms with Gasteiger partial charge in [-0.3, -0.25) is 0 Å². The number of esters is 1. The Morgan fingerprint density at radius 2 is 2.18 bits per heavy atom. The Morgan fingerprint density at radius 1 is 1.41 bits per heavy atom. The monoisotopic (exact) mass is 234 g/mol. The summed E-state index contributed by atoms with van der Waals surface area (Å²) in [6.07, 6.45) is 0. The van der Waals surface area contributed by atoms with Crippen LogP contribution in [0.5, 0.6) is 5.75 Å². The third-order valence-electron chi connectivity index (χ3n) is 2.61. The summed E-state index contributed by atoms with van der Waals surface area (Å²) >= 11 is 0. The molecule has 0 N–H and O–H groups in total. The number of rotatable bonds is 3. The summed E-state index contributed by atoms with van der Waals surface area (Å²) in [5.74, 6) is 0.525. The Bertz CT molecular complexity index is 554. The van der Waals surface area contributed by atoms with Gasteiger partial charge in [-0.2, -0.15) is 0 Å². The van der Waals surface area contributed by atoms with Crippen LogP contribution in [0.15, 0.2) is 22.6 Å². The van der Waals surface area contributed by atoms with Crippen molar-refractivity contribution in [2.75, 3.05) is 13.7 Å². The molecule has 90 valence electrons. The molecule has 1 aromatic carbocycles. The zero-order chi connectivity index (χ0) is 12.4. The third-order valence-corrected chi connectivity index (χ3v) is 2.61. The molecule has 0 saturated carbocycles. The maximum atomic E-state index is 11.6. The molecule has 0 saturated heterocycles. The van der Waals surface area contributed by atoms with Crippen LogP contribution in [0, 0.1) is 6.92 Å². The van der Waals surface area contributed by atoms with Gasteiger partial charge in [0.2, 0.25) is 5.76 Å². The van der Waals surface area contributed by atoms with Gasteiger partial charge in [0.05, 0.1) is 13.7 Å². The highest BCUT2D eigenvalue weighted by Gasteiger charge is 2.18. The third kappa shape index (κ3) is 1.98. The fraction of sp³-hybridized carbons (Fsp3) is 0.308. The minimum absolute atomic E-state index is 0.259. The number of hydrogen-bond acceptors (Lipinski definition) is 4. The summed E-state index contributed by atoms with van der Waals surface area (Å²) in [5.41, 5.74) is 1.42. The predicted octanol–water partition coefficient (Wildman–Crippen LogP) is 2.93. The van der Waals surface area contributed by atoms with Crippen molar-refractivity contribution in [1.82, 2.24) is 0 Å². The fourth-order valence-corrected chi connectivity index (χ4v) is 1.72. The van der Waals surface area contributed by atoms with Gasteiger partial charge >= 0.3 is 5.97 Å². The highest BCUT2D eigenvalue weighted by Crippen LogP contribution is 2.28. The zero-order valence-electron chi connectivity index (χ0n) is 10.1. The Morgan fingerprint density at radius 3 is 2.82 bits per heavy atom. The van der Waals surface area contributed by atoms with Gasteiger partial charge in [-0.25, -0.2) is 4.79 Å². The summed E-state index contributed by atoms with van der Waals surface area (Å²) in [6.45, 7) is 3.93. The normalized spacial score (nSPS) is 10.5. The molecular formula is C13H14O4. The van der Waals surface area contributed by atoms with Crippen LogP contribution in [-0.2, 0) is 4.74 Å². The average molecular weight is 234 g/mol. The second-order valence-corrected chi connectivity index (χ2v) is 3.64. The molecule has 2 rings (SSSR count). The molecule has 0 bridgehead atoms. The lowest BCUT2D eigenvalue weighted by Gasteiger charge is -1.97. The van der Waals surface area contributed by atoms with E-state index in [4.69, 9.17) is 13.9 Å². The van der Waals surface area contributed by atoms with Crippen LogP contribution in [0.25, 0.3) is 11.0 Å². The van der Waals surface area contributed by atoms with E-state index in [1.54, 1.807) is 20.1 Å². The van der Waals surface area contributed by atoms with Crippen molar-refractivity contribution < 1.29 is 18.7 Å². The van der Waals surface area contributed by atoms with Crippen LogP contribution < -0.4 is 4.74 Å². The fourth-order valence-electron chi connectivity index (χ4n) is 1.72. The average Bonchev–Trinajstić information content (AvgIpc) is 2.66. The van der Waals surface area contributed by atoms with Crippen LogP contribution in [0.2, 0.25) is 0 Å². The van der Waals surface area contributed by atoms with E-state index in [0.29, 0.717) is 17.9 Å². The van der Waals surface area contributed by atoms with Gasteiger partial charge < -0.3 is 13.9 Å². The van der Waals surface area contributed by atoms with Gasteiger partial charge in [-0.1, -0.05) is 0 Å². The first-order valence-electron chi connectivity index (χ1n) is 5.41. The SMILES string of the molecule is CCOC(=O)c1oc2cc(OC)ccc2c1C. The first-order valence-corrected chi connectivity index (χ1v) is 5.41. The lowest BCUT2D eigenvalue weighted by atomic mass is 10.1. The Balaban J connectivity index is 2.52. The molecule has 4 heteroatoms. The van der Waals surface area contributed by atoms with Crippen molar-refractivity contribution >= 4 is 16.9 Å². The highest BCUT2D eigenvalue weighted by atomic mass is 16.5. The minimum atomic E-state index is -0.430. The predicted molar refractivity (Wildman–Crippen MR) is 63.5 cm³/mol. The van der Waals surface area contributed by atoms with Crippen LogP contribution in [0.3, 0.4) is 0 Å². The van der Waals surface area contributed by atoms with E-state index in [2.05, 4.69) is 0 Å². The van der Waals surface area contributed by atoms with Gasteiger partial charge in [-0.15, -0.1) is 0 Å². The lowest BCUT2D eigenvalue weighted by molar-refractivity contribution is 0.0491. The van der Waals surface area contributed by atoms with E-state index >= 15 is 0 Å². The number of furan rings is 1. The number of fused-ring (bicyclic) bond motifs is 1. The van der Waals surface area contributed by atoms with Crippen molar-refractivity contribution in [2.45, 2.75) is 13.8 Å². The smallest absolute Gasteiger partial charge is 0.374 e. The highest BCUT2D eigenvalue weighted by molar-refractivity contribution is 5.96.